The van der Waals surface area contributed by atoms with Gasteiger partial charge in [-0.25, -0.2) is 0 Å². The number of nitrogens with zero attached hydrogens (tertiary/aromatic N) is 1. The van der Waals surface area contributed by atoms with E-state index in [0.717, 1.165) is 23.6 Å². The van der Waals surface area contributed by atoms with E-state index in [9.17, 15) is 0 Å². The van der Waals surface area contributed by atoms with Gasteiger partial charge in [-0.15, -0.1) is 22.7 Å². The molecule has 2 aromatic heterocycles. The van der Waals surface area contributed by atoms with Crippen molar-refractivity contribution in [1.82, 2.24) is 0 Å². The van der Waals surface area contributed by atoms with E-state index in [4.69, 9.17) is 11.0 Å². The van der Waals surface area contributed by atoms with Crippen molar-refractivity contribution in [1.29, 1.82) is 5.26 Å². The number of nitrogen functional groups attached to an aromatic ring is 1. The van der Waals surface area contributed by atoms with Crippen molar-refractivity contribution >= 4 is 60.2 Å². The summed E-state index contributed by atoms with van der Waals surface area (Å²) < 4.78 is 2.07. The Labute approximate surface area is 118 Å². The third-order valence-electron chi connectivity index (χ3n) is 2.16. The molecule has 0 aromatic carbocycles. The van der Waals surface area contributed by atoms with Gasteiger partial charge >= 0.3 is 0 Å². The van der Waals surface area contributed by atoms with Crippen LogP contribution in [-0.4, -0.2) is 0 Å². The van der Waals surface area contributed by atoms with E-state index in [2.05, 4.69) is 37.9 Å². The van der Waals surface area contributed by atoms with Crippen LogP contribution in [0.1, 0.15) is 10.4 Å². The summed E-state index contributed by atoms with van der Waals surface area (Å²) in [4.78, 5) is 2.79. The topological polar surface area (TPSA) is 49.8 Å². The van der Waals surface area contributed by atoms with E-state index < -0.39 is 0 Å². The molecule has 0 saturated carbocycles. The van der Waals surface area contributed by atoms with Gasteiger partial charge in [0.2, 0.25) is 0 Å². The van der Waals surface area contributed by atoms with E-state index in [1.54, 1.807) is 11.3 Å². The summed E-state index contributed by atoms with van der Waals surface area (Å²) in [5, 5.41) is 8.93. The van der Waals surface area contributed by atoms with Gasteiger partial charge in [0, 0.05) is 9.35 Å². The molecule has 2 heterocycles. The maximum atomic E-state index is 8.93. The molecule has 0 radical (unpaired) electrons. The molecule has 16 heavy (non-hydrogen) atoms. The molecular formula is C10H6Br2N2S2. The molecule has 2 aromatic rings. The summed E-state index contributed by atoms with van der Waals surface area (Å²) in [7, 11) is 0. The summed E-state index contributed by atoms with van der Waals surface area (Å²) in [6, 6.07) is 4.16. The highest BCUT2D eigenvalue weighted by Crippen LogP contribution is 2.44. The van der Waals surface area contributed by atoms with Gasteiger partial charge < -0.3 is 5.73 Å². The first kappa shape index (κ1) is 12.1. The van der Waals surface area contributed by atoms with Crippen molar-refractivity contribution in [2.45, 2.75) is 6.92 Å². The molecule has 2 nitrogen and oxygen atoms in total. The second-order valence-corrected chi connectivity index (χ2v) is 7.39. The normalized spacial score (nSPS) is 10.4. The van der Waals surface area contributed by atoms with Crippen LogP contribution in [0.3, 0.4) is 0 Å². The second kappa shape index (κ2) is 4.49. The Morgan fingerprint density at radius 1 is 1.38 bits per heavy atom. The summed E-state index contributed by atoms with van der Waals surface area (Å²) in [6.45, 7) is 1.95. The average molecular weight is 378 g/mol. The first-order valence-electron chi connectivity index (χ1n) is 4.28. The predicted octanol–water partition coefficient (Wildman–Crippen LogP) is 4.76. The molecule has 0 bridgehead atoms. The fourth-order valence-corrected chi connectivity index (χ4v) is 4.52. The number of nitriles is 1. The largest absolute Gasteiger partial charge is 0.397 e. The number of thiophene rings is 2. The van der Waals surface area contributed by atoms with Gasteiger partial charge in [-0.3, -0.25) is 0 Å². The van der Waals surface area contributed by atoms with Gasteiger partial charge in [-0.2, -0.15) is 5.26 Å². The van der Waals surface area contributed by atoms with Crippen LogP contribution in [0.4, 0.5) is 5.69 Å². The smallest absolute Gasteiger partial charge is 0.128 e. The average Bonchev–Trinajstić information content (AvgIpc) is 2.72. The molecule has 0 spiro atoms. The van der Waals surface area contributed by atoms with E-state index >= 15 is 0 Å². The third-order valence-corrected chi connectivity index (χ3v) is 6.81. The van der Waals surface area contributed by atoms with Crippen molar-refractivity contribution < 1.29 is 0 Å². The Morgan fingerprint density at radius 2 is 2.06 bits per heavy atom. The maximum absolute atomic E-state index is 8.93. The molecule has 0 aliphatic rings. The van der Waals surface area contributed by atoms with Crippen molar-refractivity contribution in [3.63, 3.8) is 0 Å². The van der Waals surface area contributed by atoms with Gasteiger partial charge in [0.1, 0.15) is 10.9 Å². The Morgan fingerprint density at radius 3 is 2.50 bits per heavy atom. The van der Waals surface area contributed by atoms with E-state index in [0.29, 0.717) is 10.6 Å². The fraction of sp³-hybridized carbons (Fsp3) is 0.100. The highest BCUT2D eigenvalue weighted by molar-refractivity contribution is 9.13. The van der Waals surface area contributed by atoms with Crippen molar-refractivity contribution in [3.8, 4) is 15.8 Å². The van der Waals surface area contributed by atoms with Gasteiger partial charge in [0.05, 0.1) is 14.4 Å². The predicted molar refractivity (Wildman–Crippen MR) is 76.9 cm³/mol. The van der Waals surface area contributed by atoms with Crippen LogP contribution in [-0.2, 0) is 0 Å². The molecule has 6 heteroatoms. The summed E-state index contributed by atoms with van der Waals surface area (Å²) >= 11 is 9.99. The maximum Gasteiger partial charge on any atom is 0.128 e. The second-order valence-electron chi connectivity index (χ2n) is 3.14. The monoisotopic (exact) mass is 376 g/mol. The number of hydrogen-bond acceptors (Lipinski definition) is 4. The molecule has 2 N–H and O–H groups in total. The van der Waals surface area contributed by atoms with Gasteiger partial charge in [0.15, 0.2) is 0 Å². The Balaban J connectivity index is 2.61. The molecule has 0 unspecified atom stereocenters. The number of nitrogens with two attached hydrogens (primary N) is 1. The molecule has 0 amide bonds. The van der Waals surface area contributed by atoms with Crippen LogP contribution in [0.5, 0.6) is 0 Å². The third kappa shape index (κ3) is 1.93. The lowest BCUT2D eigenvalue weighted by atomic mass is 10.2. The first-order valence-corrected chi connectivity index (χ1v) is 7.50. The molecule has 2 rings (SSSR count). The van der Waals surface area contributed by atoms with Crippen LogP contribution in [0.25, 0.3) is 9.75 Å². The quantitative estimate of drug-likeness (QED) is 0.778. The van der Waals surface area contributed by atoms with Gasteiger partial charge in [-0.1, -0.05) is 0 Å². The lowest BCUT2D eigenvalue weighted by Gasteiger charge is -1.94. The zero-order valence-corrected chi connectivity index (χ0v) is 13.0. The number of anilines is 1. The molecule has 0 aliphatic carbocycles. The minimum absolute atomic E-state index is 0.591. The Hall–Kier alpha value is -0.350. The standard InChI is InChI=1S/C10H6Br2N2S2/c1-4-8(14)7(3-13)15-9(4)6-2-5(11)10(12)16-6/h2H,14H2,1H3. The molecule has 0 aliphatic heterocycles. The van der Waals surface area contributed by atoms with Crippen molar-refractivity contribution in [2.75, 3.05) is 5.73 Å². The molecule has 0 atom stereocenters. The SMILES string of the molecule is Cc1c(-c2cc(Br)c(Br)s2)sc(C#N)c1N. The summed E-state index contributed by atoms with van der Waals surface area (Å²) in [6.07, 6.45) is 0. The Kier molecular flexibility index (Phi) is 3.40. The van der Waals surface area contributed by atoms with Crippen LogP contribution >= 0.6 is 54.5 Å². The van der Waals surface area contributed by atoms with Crippen LogP contribution in [0.2, 0.25) is 0 Å². The molecule has 0 saturated heterocycles. The fourth-order valence-electron chi connectivity index (χ4n) is 1.30. The zero-order chi connectivity index (χ0) is 11.9. The van der Waals surface area contributed by atoms with Crippen LogP contribution in [0.15, 0.2) is 14.3 Å². The number of halogens is 2. The van der Waals surface area contributed by atoms with Crippen molar-refractivity contribution in [2.24, 2.45) is 0 Å². The number of rotatable bonds is 1. The van der Waals surface area contributed by atoms with Crippen LogP contribution < -0.4 is 5.73 Å². The molecule has 82 valence electrons. The molecule has 0 fully saturated rings. The molecular weight excluding hydrogens is 372 g/mol. The lowest BCUT2D eigenvalue weighted by Crippen LogP contribution is -1.86. The van der Waals surface area contributed by atoms with Crippen LogP contribution in [0, 0.1) is 18.3 Å². The van der Waals surface area contributed by atoms with Crippen molar-refractivity contribution in [3.05, 3.63) is 24.8 Å². The van der Waals surface area contributed by atoms with Gasteiger partial charge in [-0.05, 0) is 50.4 Å². The zero-order valence-electron chi connectivity index (χ0n) is 8.17. The minimum atomic E-state index is 0.591. The highest BCUT2D eigenvalue weighted by Gasteiger charge is 2.16. The summed E-state index contributed by atoms with van der Waals surface area (Å²) in [5.74, 6) is 0. The minimum Gasteiger partial charge on any atom is -0.397 e. The Bertz CT molecular complexity index is 573. The number of hydrogen-bond donors (Lipinski definition) is 1. The van der Waals surface area contributed by atoms with E-state index in [1.807, 2.05) is 13.0 Å². The lowest BCUT2D eigenvalue weighted by molar-refractivity contribution is 1.50. The van der Waals surface area contributed by atoms with E-state index in [1.165, 1.54) is 11.3 Å². The highest BCUT2D eigenvalue weighted by atomic mass is 79.9. The first-order chi connectivity index (χ1) is 7.54. The summed E-state index contributed by atoms with van der Waals surface area (Å²) in [5.41, 5.74) is 7.45. The van der Waals surface area contributed by atoms with E-state index in [-0.39, 0.29) is 0 Å². The van der Waals surface area contributed by atoms with Gasteiger partial charge in [0.25, 0.3) is 0 Å².